The standard InChI is InChI=1S/C21H20N4O/c1-15-23-18-9-4-5-10-20(18)25(15)14-6-13-22-21(26)19-12-11-16-7-2-3-8-17(16)24-19/h2-5,7-12H,6,13-14H2,1H3,(H,22,26). The van der Waals surface area contributed by atoms with Crippen LogP contribution in [0, 0.1) is 6.92 Å². The Balaban J connectivity index is 1.38. The first-order valence-electron chi connectivity index (χ1n) is 8.78. The van der Waals surface area contributed by atoms with Crippen LogP contribution >= 0.6 is 0 Å². The topological polar surface area (TPSA) is 59.8 Å². The Morgan fingerprint density at radius 2 is 1.73 bits per heavy atom. The minimum atomic E-state index is -0.136. The summed E-state index contributed by atoms with van der Waals surface area (Å²) in [7, 11) is 0. The third-order valence-electron chi connectivity index (χ3n) is 4.52. The van der Waals surface area contributed by atoms with Gasteiger partial charge in [-0.15, -0.1) is 0 Å². The van der Waals surface area contributed by atoms with E-state index in [1.807, 2.05) is 55.5 Å². The molecule has 4 rings (SSSR count). The first-order valence-corrected chi connectivity index (χ1v) is 8.78. The van der Waals surface area contributed by atoms with Crippen LogP contribution < -0.4 is 5.32 Å². The number of benzene rings is 2. The van der Waals surface area contributed by atoms with Gasteiger partial charge in [0.15, 0.2) is 0 Å². The number of nitrogens with zero attached hydrogens (tertiary/aromatic N) is 3. The number of para-hydroxylation sites is 3. The maximum atomic E-state index is 12.3. The van der Waals surface area contributed by atoms with Crippen LogP contribution in [0.2, 0.25) is 0 Å². The zero-order valence-corrected chi connectivity index (χ0v) is 14.6. The molecule has 1 amide bonds. The van der Waals surface area contributed by atoms with Crippen molar-refractivity contribution in [1.29, 1.82) is 0 Å². The third kappa shape index (κ3) is 3.16. The number of aromatic nitrogens is 3. The van der Waals surface area contributed by atoms with Gasteiger partial charge in [0.1, 0.15) is 11.5 Å². The molecule has 26 heavy (non-hydrogen) atoms. The van der Waals surface area contributed by atoms with Gasteiger partial charge in [0, 0.05) is 18.5 Å². The summed E-state index contributed by atoms with van der Waals surface area (Å²) in [6.07, 6.45) is 0.834. The Hall–Kier alpha value is -3.21. The van der Waals surface area contributed by atoms with Crippen LogP contribution in [0.15, 0.2) is 60.7 Å². The minimum Gasteiger partial charge on any atom is -0.351 e. The predicted molar refractivity (Wildman–Crippen MR) is 103 cm³/mol. The smallest absolute Gasteiger partial charge is 0.269 e. The fraction of sp³-hybridized carbons (Fsp3) is 0.190. The average molecular weight is 344 g/mol. The summed E-state index contributed by atoms with van der Waals surface area (Å²) in [5, 5.41) is 3.99. The van der Waals surface area contributed by atoms with E-state index in [4.69, 9.17) is 0 Å². The molecule has 0 spiro atoms. The fourth-order valence-corrected chi connectivity index (χ4v) is 3.20. The van der Waals surface area contributed by atoms with E-state index < -0.39 is 0 Å². The van der Waals surface area contributed by atoms with Gasteiger partial charge >= 0.3 is 0 Å². The summed E-state index contributed by atoms with van der Waals surface area (Å²) >= 11 is 0. The lowest BCUT2D eigenvalue weighted by Gasteiger charge is -2.08. The van der Waals surface area contributed by atoms with Crippen molar-refractivity contribution in [2.45, 2.75) is 19.9 Å². The highest BCUT2D eigenvalue weighted by molar-refractivity contribution is 5.94. The molecule has 130 valence electrons. The molecule has 2 aromatic carbocycles. The molecule has 2 heterocycles. The van der Waals surface area contributed by atoms with Gasteiger partial charge in [-0.05, 0) is 37.6 Å². The van der Waals surface area contributed by atoms with E-state index in [1.54, 1.807) is 6.07 Å². The lowest BCUT2D eigenvalue weighted by atomic mass is 10.2. The number of imidazole rings is 1. The number of carbonyl (C=O) groups is 1. The van der Waals surface area contributed by atoms with Crippen molar-refractivity contribution in [1.82, 2.24) is 19.9 Å². The Kier molecular flexibility index (Phi) is 4.35. The minimum absolute atomic E-state index is 0.136. The number of amides is 1. The van der Waals surface area contributed by atoms with Crippen LogP contribution in [0.3, 0.4) is 0 Å². The van der Waals surface area contributed by atoms with E-state index in [0.717, 1.165) is 40.7 Å². The van der Waals surface area contributed by atoms with Gasteiger partial charge in [-0.3, -0.25) is 4.79 Å². The summed E-state index contributed by atoms with van der Waals surface area (Å²) in [5.41, 5.74) is 3.43. The highest BCUT2D eigenvalue weighted by atomic mass is 16.1. The predicted octanol–water partition coefficient (Wildman–Crippen LogP) is 3.71. The molecule has 1 N–H and O–H groups in total. The number of pyridine rings is 1. The molecule has 0 radical (unpaired) electrons. The zero-order valence-electron chi connectivity index (χ0n) is 14.6. The number of hydrogen-bond donors (Lipinski definition) is 1. The van der Waals surface area contributed by atoms with E-state index in [-0.39, 0.29) is 5.91 Å². The van der Waals surface area contributed by atoms with Gasteiger partial charge < -0.3 is 9.88 Å². The van der Waals surface area contributed by atoms with E-state index in [1.165, 1.54) is 0 Å². The van der Waals surface area contributed by atoms with Gasteiger partial charge in [0.25, 0.3) is 5.91 Å². The number of fused-ring (bicyclic) bond motifs is 2. The lowest BCUT2D eigenvalue weighted by Crippen LogP contribution is -2.26. The van der Waals surface area contributed by atoms with E-state index >= 15 is 0 Å². The summed E-state index contributed by atoms with van der Waals surface area (Å²) in [6, 6.07) is 19.6. The second-order valence-corrected chi connectivity index (χ2v) is 6.30. The van der Waals surface area contributed by atoms with Gasteiger partial charge in [-0.2, -0.15) is 0 Å². The number of hydrogen-bond acceptors (Lipinski definition) is 3. The summed E-state index contributed by atoms with van der Waals surface area (Å²) in [4.78, 5) is 21.3. The first kappa shape index (κ1) is 16.3. The van der Waals surface area contributed by atoms with Crippen LogP contribution in [0.4, 0.5) is 0 Å². The molecular formula is C21H20N4O. The highest BCUT2D eigenvalue weighted by Gasteiger charge is 2.09. The number of carbonyl (C=O) groups excluding carboxylic acids is 1. The number of aryl methyl sites for hydroxylation is 2. The average Bonchev–Trinajstić information content (AvgIpc) is 3.00. The van der Waals surface area contributed by atoms with Gasteiger partial charge in [-0.1, -0.05) is 36.4 Å². The van der Waals surface area contributed by atoms with Crippen molar-refractivity contribution in [3.8, 4) is 0 Å². The van der Waals surface area contributed by atoms with Crippen molar-refractivity contribution in [2.24, 2.45) is 0 Å². The van der Waals surface area contributed by atoms with E-state index in [2.05, 4.69) is 25.9 Å². The molecule has 0 unspecified atom stereocenters. The molecule has 0 bridgehead atoms. The second-order valence-electron chi connectivity index (χ2n) is 6.30. The van der Waals surface area contributed by atoms with Crippen LogP contribution in [-0.2, 0) is 6.54 Å². The van der Waals surface area contributed by atoms with Crippen LogP contribution in [-0.4, -0.2) is 27.0 Å². The molecule has 0 aliphatic rings. The molecule has 4 aromatic rings. The maximum Gasteiger partial charge on any atom is 0.269 e. The zero-order chi connectivity index (χ0) is 17.9. The highest BCUT2D eigenvalue weighted by Crippen LogP contribution is 2.15. The SMILES string of the molecule is Cc1nc2ccccc2n1CCCNC(=O)c1ccc2ccccc2n1. The lowest BCUT2D eigenvalue weighted by molar-refractivity contribution is 0.0948. The largest absolute Gasteiger partial charge is 0.351 e. The molecule has 0 aliphatic heterocycles. The van der Waals surface area contributed by atoms with Gasteiger partial charge in [0.2, 0.25) is 0 Å². The summed E-state index contributed by atoms with van der Waals surface area (Å²) in [5.74, 6) is 0.858. The molecule has 5 nitrogen and oxygen atoms in total. The van der Waals surface area contributed by atoms with Gasteiger partial charge in [-0.25, -0.2) is 9.97 Å². The van der Waals surface area contributed by atoms with Crippen molar-refractivity contribution >= 4 is 27.8 Å². The van der Waals surface area contributed by atoms with Crippen LogP contribution in [0.1, 0.15) is 22.7 Å². The Bertz CT molecular complexity index is 1080. The Morgan fingerprint density at radius 1 is 0.962 bits per heavy atom. The van der Waals surface area contributed by atoms with Crippen molar-refractivity contribution in [3.05, 3.63) is 72.2 Å². The second kappa shape index (κ2) is 6.96. The molecule has 0 saturated heterocycles. The Morgan fingerprint density at radius 3 is 2.62 bits per heavy atom. The van der Waals surface area contributed by atoms with Crippen LogP contribution in [0.25, 0.3) is 21.9 Å². The Labute approximate surface area is 151 Å². The van der Waals surface area contributed by atoms with E-state index in [0.29, 0.717) is 12.2 Å². The molecular weight excluding hydrogens is 324 g/mol. The third-order valence-corrected chi connectivity index (χ3v) is 4.52. The molecule has 5 heteroatoms. The van der Waals surface area contributed by atoms with Crippen molar-refractivity contribution in [2.75, 3.05) is 6.54 Å². The van der Waals surface area contributed by atoms with Crippen molar-refractivity contribution in [3.63, 3.8) is 0 Å². The summed E-state index contributed by atoms with van der Waals surface area (Å²) in [6.45, 7) is 3.43. The molecule has 2 aromatic heterocycles. The maximum absolute atomic E-state index is 12.3. The monoisotopic (exact) mass is 344 g/mol. The summed E-state index contributed by atoms with van der Waals surface area (Å²) < 4.78 is 2.19. The fourth-order valence-electron chi connectivity index (χ4n) is 3.20. The van der Waals surface area contributed by atoms with E-state index in [9.17, 15) is 4.79 Å². The number of nitrogens with one attached hydrogen (secondary N) is 1. The first-order chi connectivity index (χ1) is 12.7. The quantitative estimate of drug-likeness (QED) is 0.561. The van der Waals surface area contributed by atoms with Crippen molar-refractivity contribution < 1.29 is 4.79 Å². The normalized spacial score (nSPS) is 11.1. The molecule has 0 aliphatic carbocycles. The molecule has 0 saturated carbocycles. The number of rotatable bonds is 5. The molecule has 0 fully saturated rings. The van der Waals surface area contributed by atoms with Crippen LogP contribution in [0.5, 0.6) is 0 Å². The molecule has 0 atom stereocenters. The van der Waals surface area contributed by atoms with Gasteiger partial charge in [0.05, 0.1) is 16.6 Å².